The summed E-state index contributed by atoms with van der Waals surface area (Å²) < 4.78 is 0. The van der Waals surface area contributed by atoms with Gasteiger partial charge in [0, 0.05) is 11.5 Å². The van der Waals surface area contributed by atoms with Crippen LogP contribution in [-0.4, -0.2) is 29.6 Å². The van der Waals surface area contributed by atoms with Gasteiger partial charge in [-0.25, -0.2) is 0 Å². The number of hydrogen-bond acceptors (Lipinski definition) is 2. The standard InChI is InChI=1S/C16H23NO.ClH/c1-4-16-7-8-17(3)15(11(16)2)9-12-5-6-13(18)10-14(12)16;/h5-6,10-11,15,18H,4,7-9H2,1-3H3;1H. The quantitative estimate of drug-likeness (QED) is 0.853. The molecule has 1 N–H and O–H groups in total. The van der Waals surface area contributed by atoms with Gasteiger partial charge in [0.15, 0.2) is 0 Å². The first-order valence-electron chi connectivity index (χ1n) is 7.11. The van der Waals surface area contributed by atoms with E-state index in [0.29, 0.717) is 17.7 Å². The van der Waals surface area contributed by atoms with E-state index in [-0.39, 0.29) is 17.8 Å². The second-order valence-corrected chi connectivity index (χ2v) is 6.14. The lowest BCUT2D eigenvalue weighted by Gasteiger charge is -2.55. The Hall–Kier alpha value is -0.730. The molecule has 3 rings (SSSR count). The zero-order valence-electron chi connectivity index (χ0n) is 12.0. The van der Waals surface area contributed by atoms with E-state index in [2.05, 4.69) is 31.9 Å². The van der Waals surface area contributed by atoms with Crippen LogP contribution in [0.15, 0.2) is 18.2 Å². The van der Waals surface area contributed by atoms with Crippen LogP contribution in [0.5, 0.6) is 5.75 Å². The summed E-state index contributed by atoms with van der Waals surface area (Å²) in [5, 5.41) is 9.82. The van der Waals surface area contributed by atoms with Gasteiger partial charge in [-0.1, -0.05) is 19.9 Å². The van der Waals surface area contributed by atoms with Crippen molar-refractivity contribution in [3.05, 3.63) is 29.3 Å². The molecular formula is C16H24ClNO. The van der Waals surface area contributed by atoms with E-state index in [4.69, 9.17) is 0 Å². The SMILES string of the molecule is CCC12CCN(C)C(Cc3ccc(O)cc31)C2C.Cl. The first-order chi connectivity index (χ1) is 8.58. The maximum atomic E-state index is 9.82. The molecule has 2 aliphatic rings. The van der Waals surface area contributed by atoms with Gasteiger partial charge in [0.2, 0.25) is 0 Å². The summed E-state index contributed by atoms with van der Waals surface area (Å²) in [6.07, 6.45) is 3.53. The number of phenolic OH excluding ortho intramolecular Hbond substituents is 1. The maximum absolute atomic E-state index is 9.82. The number of rotatable bonds is 1. The summed E-state index contributed by atoms with van der Waals surface area (Å²) in [5.74, 6) is 1.10. The Morgan fingerprint density at radius 2 is 2.16 bits per heavy atom. The van der Waals surface area contributed by atoms with E-state index in [1.54, 1.807) is 0 Å². The first kappa shape index (κ1) is 14.7. The Kier molecular flexibility index (Phi) is 3.85. The normalized spacial score (nSPS) is 33.4. The predicted molar refractivity (Wildman–Crippen MR) is 81.2 cm³/mol. The lowest BCUT2D eigenvalue weighted by Crippen LogP contribution is -2.57. The molecule has 1 heterocycles. The number of nitrogens with zero attached hydrogens (tertiary/aromatic N) is 1. The number of fused-ring (bicyclic) bond motifs is 4. The highest BCUT2D eigenvalue weighted by molar-refractivity contribution is 5.85. The number of halogens is 1. The number of phenols is 1. The van der Waals surface area contributed by atoms with Crippen LogP contribution in [-0.2, 0) is 11.8 Å². The second-order valence-electron chi connectivity index (χ2n) is 6.14. The van der Waals surface area contributed by atoms with Gasteiger partial charge in [0.25, 0.3) is 0 Å². The Labute approximate surface area is 122 Å². The minimum absolute atomic E-state index is 0. The highest BCUT2D eigenvalue weighted by atomic mass is 35.5. The summed E-state index contributed by atoms with van der Waals surface area (Å²) in [5.41, 5.74) is 3.15. The average molecular weight is 282 g/mol. The Morgan fingerprint density at radius 1 is 1.42 bits per heavy atom. The zero-order chi connectivity index (χ0) is 12.9. The van der Waals surface area contributed by atoms with Gasteiger partial charge in [-0.05, 0) is 62.0 Å². The summed E-state index contributed by atoms with van der Waals surface area (Å²) in [4.78, 5) is 2.52. The van der Waals surface area contributed by atoms with Crippen LogP contribution in [0.25, 0.3) is 0 Å². The molecule has 3 atom stereocenters. The van der Waals surface area contributed by atoms with Crippen molar-refractivity contribution in [3.63, 3.8) is 0 Å². The van der Waals surface area contributed by atoms with Crippen LogP contribution in [0.3, 0.4) is 0 Å². The van der Waals surface area contributed by atoms with Crippen LogP contribution in [0.2, 0.25) is 0 Å². The molecule has 1 aromatic rings. The molecule has 0 radical (unpaired) electrons. The fourth-order valence-electron chi connectivity index (χ4n) is 4.35. The Morgan fingerprint density at radius 3 is 2.84 bits per heavy atom. The van der Waals surface area contributed by atoms with Gasteiger partial charge in [0.1, 0.15) is 5.75 Å². The molecule has 0 saturated carbocycles. The molecular weight excluding hydrogens is 258 g/mol. The lowest BCUT2D eigenvalue weighted by atomic mass is 9.57. The Balaban J connectivity index is 0.00000133. The molecule has 0 amide bonds. The van der Waals surface area contributed by atoms with Gasteiger partial charge in [-0.2, -0.15) is 0 Å². The smallest absolute Gasteiger partial charge is 0.115 e. The molecule has 3 heteroatoms. The fraction of sp³-hybridized carbons (Fsp3) is 0.625. The van der Waals surface area contributed by atoms with Crippen LogP contribution in [0.4, 0.5) is 0 Å². The van der Waals surface area contributed by atoms with Gasteiger partial charge in [0.05, 0.1) is 0 Å². The van der Waals surface area contributed by atoms with E-state index in [1.807, 2.05) is 12.1 Å². The van der Waals surface area contributed by atoms with Crippen LogP contribution >= 0.6 is 12.4 Å². The molecule has 2 bridgehead atoms. The number of benzene rings is 1. The van der Waals surface area contributed by atoms with Crippen molar-refractivity contribution in [2.75, 3.05) is 13.6 Å². The Bertz CT molecular complexity index is 476. The number of aromatic hydroxyl groups is 1. The van der Waals surface area contributed by atoms with E-state index >= 15 is 0 Å². The summed E-state index contributed by atoms with van der Waals surface area (Å²) in [6, 6.07) is 6.66. The molecule has 106 valence electrons. The van der Waals surface area contributed by atoms with Crippen molar-refractivity contribution in [2.45, 2.75) is 44.6 Å². The van der Waals surface area contributed by atoms with Crippen molar-refractivity contribution in [1.82, 2.24) is 4.90 Å². The first-order valence-corrected chi connectivity index (χ1v) is 7.11. The maximum Gasteiger partial charge on any atom is 0.115 e. The van der Waals surface area contributed by atoms with Gasteiger partial charge < -0.3 is 10.0 Å². The minimum atomic E-state index is 0. The molecule has 1 aromatic carbocycles. The van der Waals surface area contributed by atoms with E-state index in [1.165, 1.54) is 30.5 Å². The molecule has 1 fully saturated rings. The van der Waals surface area contributed by atoms with E-state index in [0.717, 1.165) is 6.42 Å². The van der Waals surface area contributed by atoms with Crippen LogP contribution in [0.1, 0.15) is 37.8 Å². The lowest BCUT2D eigenvalue weighted by molar-refractivity contribution is 0.0385. The van der Waals surface area contributed by atoms with Crippen molar-refractivity contribution in [3.8, 4) is 5.75 Å². The third-order valence-electron chi connectivity index (χ3n) is 5.62. The third kappa shape index (κ3) is 1.96. The van der Waals surface area contributed by atoms with Crippen molar-refractivity contribution < 1.29 is 5.11 Å². The predicted octanol–water partition coefficient (Wildman–Crippen LogP) is 3.36. The second kappa shape index (κ2) is 4.99. The summed E-state index contributed by atoms with van der Waals surface area (Å²) >= 11 is 0. The number of piperidine rings is 1. The number of likely N-dealkylation sites (tertiary alicyclic amines) is 1. The fourth-order valence-corrected chi connectivity index (χ4v) is 4.35. The molecule has 3 unspecified atom stereocenters. The molecule has 0 spiro atoms. The van der Waals surface area contributed by atoms with Crippen LogP contribution in [0, 0.1) is 5.92 Å². The van der Waals surface area contributed by atoms with Gasteiger partial charge in [-0.15, -0.1) is 12.4 Å². The summed E-state index contributed by atoms with van der Waals surface area (Å²) in [7, 11) is 2.26. The number of likely N-dealkylation sites (N-methyl/N-ethyl adjacent to an activating group) is 1. The molecule has 2 nitrogen and oxygen atoms in total. The molecule has 19 heavy (non-hydrogen) atoms. The highest BCUT2D eigenvalue weighted by Gasteiger charge is 2.49. The van der Waals surface area contributed by atoms with Crippen molar-refractivity contribution in [2.24, 2.45) is 5.92 Å². The van der Waals surface area contributed by atoms with E-state index < -0.39 is 0 Å². The van der Waals surface area contributed by atoms with Gasteiger partial charge in [-0.3, -0.25) is 0 Å². The van der Waals surface area contributed by atoms with Crippen LogP contribution < -0.4 is 0 Å². The topological polar surface area (TPSA) is 23.5 Å². The number of hydrogen-bond donors (Lipinski definition) is 1. The summed E-state index contributed by atoms with van der Waals surface area (Å²) in [6.45, 7) is 5.88. The van der Waals surface area contributed by atoms with Gasteiger partial charge >= 0.3 is 0 Å². The third-order valence-corrected chi connectivity index (χ3v) is 5.62. The largest absolute Gasteiger partial charge is 0.508 e. The molecule has 1 aliphatic heterocycles. The molecule has 1 saturated heterocycles. The monoisotopic (exact) mass is 281 g/mol. The van der Waals surface area contributed by atoms with E-state index in [9.17, 15) is 5.11 Å². The van der Waals surface area contributed by atoms with Crippen molar-refractivity contribution >= 4 is 12.4 Å². The molecule has 1 aliphatic carbocycles. The molecule has 0 aromatic heterocycles. The highest BCUT2D eigenvalue weighted by Crippen LogP contribution is 2.50. The minimum Gasteiger partial charge on any atom is -0.508 e. The average Bonchev–Trinajstić information content (AvgIpc) is 2.36. The van der Waals surface area contributed by atoms with Crippen molar-refractivity contribution in [1.29, 1.82) is 0 Å². The zero-order valence-corrected chi connectivity index (χ0v) is 12.8.